The fraction of sp³-hybridized carbons (Fsp3) is 0.350. The van der Waals surface area contributed by atoms with Crippen LogP contribution in [-0.2, 0) is 4.79 Å². The van der Waals surface area contributed by atoms with Crippen LogP contribution in [0.4, 0.5) is 0 Å². The predicted molar refractivity (Wildman–Crippen MR) is 89.5 cm³/mol. The van der Waals surface area contributed by atoms with Gasteiger partial charge in [0.25, 0.3) is 0 Å². The van der Waals surface area contributed by atoms with Gasteiger partial charge in [0.2, 0.25) is 5.91 Å². The quantitative estimate of drug-likeness (QED) is 0.818. The number of carbonyl (C=O) groups is 1. The lowest BCUT2D eigenvalue weighted by Crippen LogP contribution is -2.31. The van der Waals surface area contributed by atoms with E-state index in [2.05, 4.69) is 50.2 Å². The maximum atomic E-state index is 12.9. The third-order valence-electron chi connectivity index (χ3n) is 4.96. The number of hydrogen-bond acceptors (Lipinski definition) is 1. The summed E-state index contributed by atoms with van der Waals surface area (Å²) >= 11 is 0. The average Bonchev–Trinajstić information content (AvgIpc) is 2.96. The molecule has 3 atom stereocenters. The van der Waals surface area contributed by atoms with Gasteiger partial charge in [-0.15, -0.1) is 0 Å². The molecule has 2 aromatic rings. The molecule has 0 aliphatic carbocycles. The van der Waals surface area contributed by atoms with E-state index in [4.69, 9.17) is 0 Å². The van der Waals surface area contributed by atoms with E-state index in [-0.39, 0.29) is 17.9 Å². The van der Waals surface area contributed by atoms with E-state index >= 15 is 0 Å². The lowest BCUT2D eigenvalue weighted by atomic mass is 9.86. The molecule has 22 heavy (non-hydrogen) atoms. The number of carbonyl (C=O) groups excluding carboxylic acids is 1. The van der Waals surface area contributed by atoms with Crippen LogP contribution in [0.25, 0.3) is 0 Å². The monoisotopic (exact) mass is 293 g/mol. The summed E-state index contributed by atoms with van der Waals surface area (Å²) in [5.74, 6) is 0.683. The van der Waals surface area contributed by atoms with Crippen molar-refractivity contribution in [1.29, 1.82) is 0 Å². The minimum Gasteiger partial charge on any atom is -0.336 e. The van der Waals surface area contributed by atoms with Crippen molar-refractivity contribution in [1.82, 2.24) is 4.90 Å². The van der Waals surface area contributed by atoms with Gasteiger partial charge in [-0.05, 0) is 30.4 Å². The van der Waals surface area contributed by atoms with Gasteiger partial charge in [-0.1, -0.05) is 67.6 Å². The maximum absolute atomic E-state index is 12.9. The molecule has 1 fully saturated rings. The molecule has 0 bridgehead atoms. The van der Waals surface area contributed by atoms with Gasteiger partial charge in [0.05, 0.1) is 6.04 Å². The maximum Gasteiger partial charge on any atom is 0.226 e. The third-order valence-corrected chi connectivity index (χ3v) is 4.96. The van der Waals surface area contributed by atoms with Crippen molar-refractivity contribution in [3.63, 3.8) is 0 Å². The molecule has 0 aromatic heterocycles. The standard InChI is InChI=1S/C20H23NO/c1-15(17-9-5-3-6-10-17)19-13-14-21(20(19)22)16(2)18-11-7-4-8-12-18/h3-12,15-16,19H,13-14H2,1-2H3/t15-,16+,19+/m1/s1. The second-order valence-corrected chi connectivity index (χ2v) is 6.21. The first-order valence-electron chi connectivity index (χ1n) is 8.09. The van der Waals surface area contributed by atoms with Crippen LogP contribution >= 0.6 is 0 Å². The lowest BCUT2D eigenvalue weighted by Gasteiger charge is -2.26. The number of benzene rings is 2. The SMILES string of the molecule is C[C@H](c1ccccc1)[C@@H]1CCN([C@@H](C)c2ccccc2)C1=O. The van der Waals surface area contributed by atoms with Crippen LogP contribution in [-0.4, -0.2) is 17.4 Å². The number of hydrogen-bond donors (Lipinski definition) is 0. The Morgan fingerprint density at radius 2 is 1.45 bits per heavy atom. The molecule has 0 saturated carbocycles. The molecule has 1 heterocycles. The minimum absolute atomic E-state index is 0.105. The van der Waals surface area contributed by atoms with Crippen molar-refractivity contribution in [2.75, 3.05) is 6.54 Å². The molecule has 0 N–H and O–H groups in total. The van der Waals surface area contributed by atoms with Crippen molar-refractivity contribution in [3.8, 4) is 0 Å². The van der Waals surface area contributed by atoms with Crippen molar-refractivity contribution in [2.24, 2.45) is 5.92 Å². The number of amides is 1. The van der Waals surface area contributed by atoms with E-state index in [0.29, 0.717) is 5.91 Å². The summed E-state index contributed by atoms with van der Waals surface area (Å²) in [6.07, 6.45) is 0.950. The van der Waals surface area contributed by atoms with Crippen LogP contribution in [0.1, 0.15) is 43.4 Å². The summed E-state index contributed by atoms with van der Waals surface area (Å²) in [6, 6.07) is 20.8. The summed E-state index contributed by atoms with van der Waals surface area (Å²) in [5.41, 5.74) is 2.47. The van der Waals surface area contributed by atoms with Crippen molar-refractivity contribution in [3.05, 3.63) is 71.8 Å². The number of nitrogens with zero attached hydrogens (tertiary/aromatic N) is 1. The highest BCUT2D eigenvalue weighted by molar-refractivity contribution is 5.82. The Balaban J connectivity index is 1.75. The molecular weight excluding hydrogens is 270 g/mol. The zero-order valence-electron chi connectivity index (χ0n) is 13.3. The van der Waals surface area contributed by atoms with Crippen LogP contribution in [0.5, 0.6) is 0 Å². The van der Waals surface area contributed by atoms with Gasteiger partial charge < -0.3 is 4.90 Å². The molecule has 0 radical (unpaired) electrons. The first kappa shape index (κ1) is 14.8. The molecular formula is C20H23NO. The Hall–Kier alpha value is -2.09. The molecule has 1 amide bonds. The molecule has 0 unspecified atom stereocenters. The van der Waals surface area contributed by atoms with Gasteiger partial charge in [0.1, 0.15) is 0 Å². The van der Waals surface area contributed by atoms with E-state index < -0.39 is 0 Å². The van der Waals surface area contributed by atoms with Crippen molar-refractivity contribution >= 4 is 5.91 Å². The smallest absolute Gasteiger partial charge is 0.226 e. The Kier molecular flexibility index (Phi) is 4.28. The summed E-state index contributed by atoms with van der Waals surface area (Å²) in [5, 5.41) is 0. The second-order valence-electron chi connectivity index (χ2n) is 6.21. The molecule has 3 rings (SSSR count). The second kappa shape index (κ2) is 6.35. The fourth-order valence-electron chi connectivity index (χ4n) is 3.47. The van der Waals surface area contributed by atoms with E-state index in [0.717, 1.165) is 13.0 Å². The summed E-state index contributed by atoms with van der Waals surface area (Å²) in [6.45, 7) is 5.16. The summed E-state index contributed by atoms with van der Waals surface area (Å²) < 4.78 is 0. The van der Waals surface area contributed by atoms with Gasteiger partial charge in [0.15, 0.2) is 0 Å². The van der Waals surface area contributed by atoms with Gasteiger partial charge in [-0.3, -0.25) is 4.79 Å². The first-order chi connectivity index (χ1) is 10.7. The molecule has 114 valence electrons. The largest absolute Gasteiger partial charge is 0.336 e. The van der Waals surface area contributed by atoms with Crippen molar-refractivity contribution in [2.45, 2.75) is 32.2 Å². The van der Waals surface area contributed by atoms with E-state index in [1.54, 1.807) is 0 Å². The summed E-state index contributed by atoms with van der Waals surface area (Å²) in [7, 11) is 0. The highest BCUT2D eigenvalue weighted by atomic mass is 16.2. The molecule has 1 aliphatic rings. The van der Waals surface area contributed by atoms with Gasteiger partial charge in [0, 0.05) is 12.5 Å². The number of likely N-dealkylation sites (tertiary alicyclic amines) is 1. The molecule has 1 saturated heterocycles. The Morgan fingerprint density at radius 1 is 0.909 bits per heavy atom. The number of rotatable bonds is 4. The Bertz CT molecular complexity index is 567. The van der Waals surface area contributed by atoms with Crippen LogP contribution in [0.15, 0.2) is 60.7 Å². The first-order valence-corrected chi connectivity index (χ1v) is 8.09. The highest BCUT2D eigenvalue weighted by Crippen LogP contribution is 2.36. The molecule has 2 aromatic carbocycles. The normalized spacial score (nSPS) is 20.9. The minimum atomic E-state index is 0.105. The Morgan fingerprint density at radius 3 is 2.05 bits per heavy atom. The zero-order valence-corrected chi connectivity index (χ0v) is 13.3. The average molecular weight is 293 g/mol. The fourth-order valence-corrected chi connectivity index (χ4v) is 3.47. The van der Waals surface area contributed by atoms with Crippen LogP contribution in [0, 0.1) is 5.92 Å². The lowest BCUT2D eigenvalue weighted by molar-refractivity contribution is -0.133. The zero-order chi connectivity index (χ0) is 15.5. The van der Waals surface area contributed by atoms with Crippen molar-refractivity contribution < 1.29 is 4.79 Å². The predicted octanol–water partition coefficient (Wildman–Crippen LogP) is 4.40. The van der Waals surface area contributed by atoms with E-state index in [1.165, 1.54) is 11.1 Å². The topological polar surface area (TPSA) is 20.3 Å². The van der Waals surface area contributed by atoms with Crippen LogP contribution in [0.2, 0.25) is 0 Å². The van der Waals surface area contributed by atoms with E-state index in [9.17, 15) is 4.79 Å². The molecule has 1 aliphatic heterocycles. The third kappa shape index (κ3) is 2.78. The molecule has 2 heteroatoms. The molecule has 2 nitrogen and oxygen atoms in total. The summed E-state index contributed by atoms with van der Waals surface area (Å²) in [4.78, 5) is 14.9. The van der Waals surface area contributed by atoms with Gasteiger partial charge in [-0.2, -0.15) is 0 Å². The van der Waals surface area contributed by atoms with Gasteiger partial charge in [-0.25, -0.2) is 0 Å². The molecule has 0 spiro atoms. The Labute approximate surface area is 132 Å². The van der Waals surface area contributed by atoms with Crippen LogP contribution in [0.3, 0.4) is 0 Å². The van der Waals surface area contributed by atoms with E-state index in [1.807, 2.05) is 29.2 Å². The highest BCUT2D eigenvalue weighted by Gasteiger charge is 2.38. The van der Waals surface area contributed by atoms with Gasteiger partial charge >= 0.3 is 0 Å². The van der Waals surface area contributed by atoms with Crippen LogP contribution < -0.4 is 0 Å².